The average Bonchev–Trinajstić information content (AvgIpc) is 3.46. The molecule has 0 saturated heterocycles. The number of aromatic amines is 1. The Kier molecular flexibility index (Phi) is 5.77. The highest BCUT2D eigenvalue weighted by atomic mass is 16.3. The van der Waals surface area contributed by atoms with E-state index in [1.807, 2.05) is 63.2 Å². The number of aromatic nitrogens is 3. The Labute approximate surface area is 185 Å². The summed E-state index contributed by atoms with van der Waals surface area (Å²) in [6, 6.07) is 14.2. The topological polar surface area (TPSA) is 104 Å². The molecule has 1 unspecified atom stereocenters. The number of hydrogen-bond acceptors (Lipinski definition) is 5. The lowest BCUT2D eigenvalue weighted by molar-refractivity contribution is -0.128. The van der Waals surface area contributed by atoms with Crippen LogP contribution < -0.4 is 5.32 Å². The average molecular weight is 431 g/mol. The molecular weight excluding hydrogens is 406 g/mol. The van der Waals surface area contributed by atoms with Gasteiger partial charge in [0.25, 0.3) is 5.91 Å². The van der Waals surface area contributed by atoms with Crippen LogP contribution in [0.15, 0.2) is 71.7 Å². The molecule has 1 atom stereocenters. The van der Waals surface area contributed by atoms with E-state index >= 15 is 0 Å². The molecule has 0 fully saturated rings. The third-order valence-electron chi connectivity index (χ3n) is 5.11. The number of amides is 2. The monoisotopic (exact) mass is 431 g/mol. The van der Waals surface area contributed by atoms with Crippen molar-refractivity contribution in [2.24, 2.45) is 0 Å². The molecule has 4 aromatic rings. The minimum atomic E-state index is -0.982. The molecule has 0 aliphatic rings. The Hall–Kier alpha value is -3.94. The van der Waals surface area contributed by atoms with Gasteiger partial charge in [0.05, 0.1) is 11.9 Å². The van der Waals surface area contributed by atoms with Crippen LogP contribution in [0.2, 0.25) is 0 Å². The molecule has 0 saturated carbocycles. The highest BCUT2D eigenvalue weighted by Gasteiger charge is 2.40. The number of nitrogens with zero attached hydrogens (tertiary/aromatic N) is 3. The standard InChI is InChI=1S/C24H25N5O3/c1-24(2,3)29(23(31)19-14-25-15-32-19)20(18-10-9-17-11-12-26-21(17)28-18)22(30)27-13-16-7-5-4-6-8-16/h4-12,14-15,20H,13H2,1-3H3,(H,26,28)(H,27,30). The van der Waals surface area contributed by atoms with Crippen LogP contribution in [0.1, 0.15) is 48.6 Å². The third kappa shape index (κ3) is 4.39. The van der Waals surface area contributed by atoms with Gasteiger partial charge in [0.15, 0.2) is 12.4 Å². The minimum Gasteiger partial charge on any atom is -0.438 e. The maximum atomic E-state index is 13.6. The fraction of sp³-hybridized carbons (Fsp3) is 0.250. The summed E-state index contributed by atoms with van der Waals surface area (Å²) in [7, 11) is 0. The number of hydrogen-bond donors (Lipinski definition) is 2. The summed E-state index contributed by atoms with van der Waals surface area (Å²) >= 11 is 0. The van der Waals surface area contributed by atoms with Gasteiger partial charge in [-0.1, -0.05) is 30.3 Å². The van der Waals surface area contributed by atoms with Gasteiger partial charge in [0.2, 0.25) is 11.7 Å². The molecule has 2 N–H and O–H groups in total. The second kappa shape index (κ2) is 8.66. The SMILES string of the molecule is CC(C)(C)N(C(=O)c1cnco1)C(C(=O)NCc1ccccc1)c1ccc2cc[nH]c2n1. The second-order valence-corrected chi connectivity index (χ2v) is 8.47. The fourth-order valence-corrected chi connectivity index (χ4v) is 3.61. The number of pyridine rings is 1. The number of oxazole rings is 1. The van der Waals surface area contributed by atoms with Crippen molar-refractivity contribution < 1.29 is 14.0 Å². The van der Waals surface area contributed by atoms with Crippen molar-refractivity contribution in [3.05, 3.63) is 84.3 Å². The lowest BCUT2D eigenvalue weighted by atomic mass is 9.98. The molecule has 3 aromatic heterocycles. The molecule has 1 aromatic carbocycles. The zero-order chi connectivity index (χ0) is 22.7. The largest absolute Gasteiger partial charge is 0.438 e. The van der Waals surface area contributed by atoms with Crippen LogP contribution in [-0.2, 0) is 11.3 Å². The van der Waals surface area contributed by atoms with E-state index in [1.165, 1.54) is 17.5 Å². The van der Waals surface area contributed by atoms with Gasteiger partial charge in [0, 0.05) is 23.7 Å². The Morgan fingerprint density at radius 1 is 1.12 bits per heavy atom. The number of rotatable bonds is 6. The van der Waals surface area contributed by atoms with Gasteiger partial charge in [-0.3, -0.25) is 9.59 Å². The van der Waals surface area contributed by atoms with Gasteiger partial charge in [-0.25, -0.2) is 9.97 Å². The molecule has 8 heteroatoms. The fourth-order valence-electron chi connectivity index (χ4n) is 3.61. The highest BCUT2D eigenvalue weighted by molar-refractivity contribution is 5.96. The summed E-state index contributed by atoms with van der Waals surface area (Å²) in [5, 5.41) is 3.88. The Balaban J connectivity index is 1.75. The molecule has 0 bridgehead atoms. The first-order valence-electron chi connectivity index (χ1n) is 10.3. The van der Waals surface area contributed by atoms with Gasteiger partial charge in [-0.05, 0) is 44.5 Å². The van der Waals surface area contributed by atoms with E-state index in [9.17, 15) is 9.59 Å². The summed E-state index contributed by atoms with van der Waals surface area (Å²) in [5.41, 5.74) is 1.33. The van der Waals surface area contributed by atoms with Crippen molar-refractivity contribution in [2.75, 3.05) is 0 Å². The maximum absolute atomic E-state index is 13.6. The smallest absolute Gasteiger partial charge is 0.292 e. The molecule has 0 aliphatic heterocycles. The Morgan fingerprint density at radius 2 is 1.91 bits per heavy atom. The molecule has 0 aliphatic carbocycles. The lowest BCUT2D eigenvalue weighted by Crippen LogP contribution is -2.52. The lowest BCUT2D eigenvalue weighted by Gasteiger charge is -2.40. The summed E-state index contributed by atoms with van der Waals surface area (Å²) in [4.78, 5) is 40.1. The predicted molar refractivity (Wildman–Crippen MR) is 120 cm³/mol. The van der Waals surface area contributed by atoms with Crippen LogP contribution >= 0.6 is 0 Å². The van der Waals surface area contributed by atoms with Crippen LogP contribution in [0.3, 0.4) is 0 Å². The van der Waals surface area contributed by atoms with Crippen molar-refractivity contribution in [3.63, 3.8) is 0 Å². The van der Waals surface area contributed by atoms with Crippen LogP contribution in [0, 0.1) is 0 Å². The van der Waals surface area contributed by atoms with Gasteiger partial charge >= 0.3 is 0 Å². The maximum Gasteiger partial charge on any atom is 0.292 e. The van der Waals surface area contributed by atoms with Gasteiger partial charge < -0.3 is 19.6 Å². The number of H-pyrrole nitrogens is 1. The first kappa shape index (κ1) is 21.3. The van der Waals surface area contributed by atoms with Gasteiger partial charge in [-0.15, -0.1) is 0 Å². The molecule has 0 radical (unpaired) electrons. The molecule has 3 heterocycles. The van der Waals surface area contributed by atoms with Crippen LogP contribution in [-0.4, -0.2) is 37.2 Å². The number of fused-ring (bicyclic) bond motifs is 1. The second-order valence-electron chi connectivity index (χ2n) is 8.47. The van der Waals surface area contributed by atoms with Crippen LogP contribution in [0.25, 0.3) is 11.0 Å². The van der Waals surface area contributed by atoms with E-state index in [4.69, 9.17) is 4.42 Å². The zero-order valence-corrected chi connectivity index (χ0v) is 18.2. The van der Waals surface area contributed by atoms with E-state index < -0.39 is 17.5 Å². The molecule has 2 amide bonds. The molecule has 4 rings (SSSR count). The first-order chi connectivity index (χ1) is 15.3. The predicted octanol–water partition coefficient (Wildman–Crippen LogP) is 3.85. The number of nitrogens with one attached hydrogen (secondary N) is 2. The van der Waals surface area contributed by atoms with Crippen molar-refractivity contribution in [3.8, 4) is 0 Å². The van der Waals surface area contributed by atoms with Crippen LogP contribution in [0.5, 0.6) is 0 Å². The van der Waals surface area contributed by atoms with E-state index in [0.717, 1.165) is 10.9 Å². The molecule has 164 valence electrons. The van der Waals surface area contributed by atoms with E-state index in [-0.39, 0.29) is 11.7 Å². The molecule has 8 nitrogen and oxygen atoms in total. The summed E-state index contributed by atoms with van der Waals surface area (Å²) in [5.74, 6) is -0.722. The summed E-state index contributed by atoms with van der Waals surface area (Å²) in [6.07, 6.45) is 4.33. The number of carbonyl (C=O) groups is 2. The van der Waals surface area contributed by atoms with Crippen molar-refractivity contribution in [1.29, 1.82) is 0 Å². The first-order valence-corrected chi connectivity index (χ1v) is 10.3. The zero-order valence-electron chi connectivity index (χ0n) is 18.2. The molecule has 32 heavy (non-hydrogen) atoms. The highest BCUT2D eigenvalue weighted by Crippen LogP contribution is 2.31. The Bertz CT molecular complexity index is 1210. The number of benzene rings is 1. The third-order valence-corrected chi connectivity index (χ3v) is 5.11. The summed E-state index contributed by atoms with van der Waals surface area (Å²) in [6.45, 7) is 5.93. The van der Waals surface area contributed by atoms with Gasteiger partial charge in [-0.2, -0.15) is 0 Å². The normalized spacial score (nSPS) is 12.5. The Morgan fingerprint density at radius 3 is 2.59 bits per heavy atom. The minimum absolute atomic E-state index is 0.0572. The quantitative estimate of drug-likeness (QED) is 0.483. The van der Waals surface area contributed by atoms with Gasteiger partial charge in [0.1, 0.15) is 5.65 Å². The molecular formula is C24H25N5O3. The van der Waals surface area contributed by atoms with Crippen LogP contribution in [0.4, 0.5) is 0 Å². The van der Waals surface area contributed by atoms with E-state index in [1.54, 1.807) is 12.3 Å². The van der Waals surface area contributed by atoms with E-state index in [0.29, 0.717) is 17.9 Å². The van der Waals surface area contributed by atoms with Crippen molar-refractivity contribution >= 4 is 22.8 Å². The molecule has 0 spiro atoms. The van der Waals surface area contributed by atoms with Crippen molar-refractivity contribution in [1.82, 2.24) is 25.2 Å². The number of carbonyl (C=O) groups excluding carboxylic acids is 2. The van der Waals surface area contributed by atoms with Crippen molar-refractivity contribution in [2.45, 2.75) is 38.9 Å². The van der Waals surface area contributed by atoms with E-state index in [2.05, 4.69) is 20.3 Å². The summed E-state index contributed by atoms with van der Waals surface area (Å²) < 4.78 is 5.26.